The van der Waals surface area contributed by atoms with E-state index in [4.69, 9.17) is 10.6 Å². The van der Waals surface area contributed by atoms with Crippen LogP contribution in [-0.2, 0) is 6.42 Å². The van der Waals surface area contributed by atoms with Gasteiger partial charge in [-0.2, -0.15) is 0 Å². The molecule has 0 aliphatic rings. The monoisotopic (exact) mass is 279 g/mol. The first-order valence-corrected chi connectivity index (χ1v) is 7.34. The number of ether oxygens (including phenoxy) is 1. The van der Waals surface area contributed by atoms with Crippen molar-refractivity contribution in [2.24, 2.45) is 5.84 Å². The van der Waals surface area contributed by atoms with E-state index in [1.807, 2.05) is 18.2 Å². The molecule has 1 atom stereocenters. The highest BCUT2D eigenvalue weighted by Gasteiger charge is 2.33. The number of rotatable bonds is 8. The molecule has 4 nitrogen and oxygen atoms in total. The second kappa shape index (κ2) is 7.62. The first kappa shape index (κ1) is 17.0. The molecule has 0 amide bonds. The van der Waals surface area contributed by atoms with E-state index < -0.39 is 0 Å². The molecule has 0 aromatic heterocycles. The lowest BCUT2D eigenvalue weighted by atomic mass is 9.87. The Morgan fingerprint density at radius 1 is 1.25 bits per heavy atom. The first-order valence-electron chi connectivity index (χ1n) is 7.34. The minimum Gasteiger partial charge on any atom is -0.496 e. The van der Waals surface area contributed by atoms with Crippen LogP contribution >= 0.6 is 0 Å². The lowest BCUT2D eigenvalue weighted by Gasteiger charge is -2.43. The molecule has 0 saturated carbocycles. The molecule has 1 aromatic rings. The van der Waals surface area contributed by atoms with Crippen molar-refractivity contribution in [1.82, 2.24) is 10.3 Å². The number of nitrogens with zero attached hydrogens (tertiary/aromatic N) is 1. The van der Waals surface area contributed by atoms with Crippen LogP contribution in [0.3, 0.4) is 0 Å². The van der Waals surface area contributed by atoms with Gasteiger partial charge in [-0.15, -0.1) is 0 Å². The Hall–Kier alpha value is -1.10. The van der Waals surface area contributed by atoms with E-state index in [1.165, 1.54) is 5.56 Å². The van der Waals surface area contributed by atoms with E-state index in [0.29, 0.717) is 0 Å². The van der Waals surface area contributed by atoms with Crippen molar-refractivity contribution in [1.29, 1.82) is 0 Å². The van der Waals surface area contributed by atoms with Crippen molar-refractivity contribution in [2.45, 2.75) is 45.7 Å². The van der Waals surface area contributed by atoms with Crippen LogP contribution in [0.1, 0.15) is 33.3 Å². The molecule has 1 unspecified atom stereocenters. The van der Waals surface area contributed by atoms with Gasteiger partial charge in [-0.05, 0) is 45.0 Å². The predicted molar refractivity (Wildman–Crippen MR) is 84.8 cm³/mol. The zero-order chi connectivity index (χ0) is 15.2. The number of para-hydroxylation sites is 1. The van der Waals surface area contributed by atoms with Gasteiger partial charge >= 0.3 is 0 Å². The van der Waals surface area contributed by atoms with Crippen LogP contribution in [0, 0.1) is 0 Å². The van der Waals surface area contributed by atoms with Crippen molar-refractivity contribution >= 4 is 0 Å². The molecule has 3 N–H and O–H groups in total. The molecule has 0 spiro atoms. The highest BCUT2D eigenvalue weighted by molar-refractivity contribution is 5.34. The first-order chi connectivity index (χ1) is 9.51. The molecule has 0 aliphatic carbocycles. The van der Waals surface area contributed by atoms with Crippen LogP contribution in [-0.4, -0.2) is 36.7 Å². The zero-order valence-corrected chi connectivity index (χ0v) is 13.4. The minimum absolute atomic E-state index is 0.0287. The summed E-state index contributed by atoms with van der Waals surface area (Å²) in [6.45, 7) is 10.9. The maximum Gasteiger partial charge on any atom is 0.122 e. The lowest BCUT2D eigenvalue weighted by molar-refractivity contribution is 0.0909. The summed E-state index contributed by atoms with van der Waals surface area (Å²) in [5, 5.41) is 0. The third kappa shape index (κ3) is 3.72. The standard InChI is InChI=1S/C16H29N3O/c1-6-19(7-2)16(3,4)15(18-17)12-13-10-8-9-11-14(13)20-5/h8-11,15,18H,6-7,12,17H2,1-5H3. The number of likely N-dealkylation sites (N-methyl/N-ethyl adjacent to an activating group) is 1. The minimum atomic E-state index is -0.0287. The number of methoxy groups -OCH3 is 1. The molecule has 114 valence electrons. The summed E-state index contributed by atoms with van der Waals surface area (Å²) in [5.74, 6) is 6.75. The summed E-state index contributed by atoms with van der Waals surface area (Å²) in [7, 11) is 1.71. The van der Waals surface area contributed by atoms with E-state index in [-0.39, 0.29) is 11.6 Å². The zero-order valence-electron chi connectivity index (χ0n) is 13.4. The second-order valence-electron chi connectivity index (χ2n) is 5.56. The van der Waals surface area contributed by atoms with Crippen molar-refractivity contribution in [3.05, 3.63) is 29.8 Å². The van der Waals surface area contributed by atoms with Gasteiger partial charge in [0.25, 0.3) is 0 Å². The Kier molecular flexibility index (Phi) is 6.46. The second-order valence-corrected chi connectivity index (χ2v) is 5.56. The van der Waals surface area contributed by atoms with E-state index >= 15 is 0 Å². The maximum atomic E-state index is 5.83. The molecule has 0 bridgehead atoms. The summed E-state index contributed by atoms with van der Waals surface area (Å²) in [5.41, 5.74) is 4.14. The van der Waals surface area contributed by atoms with E-state index in [0.717, 1.165) is 25.3 Å². The van der Waals surface area contributed by atoms with Crippen LogP contribution < -0.4 is 16.0 Å². The lowest BCUT2D eigenvalue weighted by Crippen LogP contribution is -2.60. The molecule has 1 rings (SSSR count). The SMILES string of the molecule is CCN(CC)C(C)(C)C(Cc1ccccc1OC)NN. The summed E-state index contributed by atoms with van der Waals surface area (Å²) in [4.78, 5) is 2.42. The van der Waals surface area contributed by atoms with Gasteiger partial charge in [0.2, 0.25) is 0 Å². The average molecular weight is 279 g/mol. The molecule has 1 aromatic carbocycles. The molecule has 0 heterocycles. The largest absolute Gasteiger partial charge is 0.496 e. The van der Waals surface area contributed by atoms with Gasteiger partial charge in [0.05, 0.1) is 7.11 Å². The topological polar surface area (TPSA) is 50.5 Å². The summed E-state index contributed by atoms with van der Waals surface area (Å²) >= 11 is 0. The van der Waals surface area contributed by atoms with Gasteiger partial charge in [-0.25, -0.2) is 0 Å². The highest BCUT2D eigenvalue weighted by atomic mass is 16.5. The van der Waals surface area contributed by atoms with E-state index in [1.54, 1.807) is 7.11 Å². The van der Waals surface area contributed by atoms with Crippen LogP contribution in [0.4, 0.5) is 0 Å². The van der Waals surface area contributed by atoms with Crippen molar-refractivity contribution < 1.29 is 4.74 Å². The Labute approximate surface area is 123 Å². The quantitative estimate of drug-likeness (QED) is 0.566. The van der Waals surface area contributed by atoms with Gasteiger partial charge in [0, 0.05) is 11.6 Å². The van der Waals surface area contributed by atoms with Gasteiger partial charge in [-0.1, -0.05) is 32.0 Å². The molecule has 4 heteroatoms. The molecule has 0 aliphatic heterocycles. The van der Waals surface area contributed by atoms with Crippen LogP contribution in [0.25, 0.3) is 0 Å². The number of hydrazine groups is 1. The molecular weight excluding hydrogens is 250 g/mol. The number of benzene rings is 1. The highest BCUT2D eigenvalue weighted by Crippen LogP contribution is 2.25. The Morgan fingerprint density at radius 2 is 1.85 bits per heavy atom. The normalized spacial score (nSPS) is 13.6. The van der Waals surface area contributed by atoms with E-state index in [9.17, 15) is 0 Å². The summed E-state index contributed by atoms with van der Waals surface area (Å²) in [6, 6.07) is 8.27. The van der Waals surface area contributed by atoms with Crippen molar-refractivity contribution in [2.75, 3.05) is 20.2 Å². The number of hydrogen-bond acceptors (Lipinski definition) is 4. The molecular formula is C16H29N3O. The van der Waals surface area contributed by atoms with E-state index in [2.05, 4.69) is 44.1 Å². The van der Waals surface area contributed by atoms with Gasteiger partial charge < -0.3 is 4.74 Å². The fourth-order valence-electron chi connectivity index (χ4n) is 2.86. The van der Waals surface area contributed by atoms with Crippen LogP contribution in [0.15, 0.2) is 24.3 Å². The Morgan fingerprint density at radius 3 is 2.35 bits per heavy atom. The molecule has 0 fully saturated rings. The third-order valence-electron chi connectivity index (χ3n) is 4.25. The fraction of sp³-hybridized carbons (Fsp3) is 0.625. The Bertz CT molecular complexity index is 402. The smallest absolute Gasteiger partial charge is 0.122 e. The average Bonchev–Trinajstić information content (AvgIpc) is 2.45. The van der Waals surface area contributed by atoms with Crippen molar-refractivity contribution in [3.63, 3.8) is 0 Å². The van der Waals surface area contributed by atoms with Gasteiger partial charge in [0.15, 0.2) is 0 Å². The van der Waals surface area contributed by atoms with Crippen molar-refractivity contribution in [3.8, 4) is 5.75 Å². The maximum absolute atomic E-state index is 5.83. The van der Waals surface area contributed by atoms with Gasteiger partial charge in [0.1, 0.15) is 5.75 Å². The molecule has 0 saturated heterocycles. The Balaban J connectivity index is 2.96. The number of nitrogens with one attached hydrogen (secondary N) is 1. The van der Waals surface area contributed by atoms with Gasteiger partial charge in [-0.3, -0.25) is 16.2 Å². The van der Waals surface area contributed by atoms with Crippen LogP contribution in [0.2, 0.25) is 0 Å². The predicted octanol–water partition coefficient (Wildman–Crippen LogP) is 2.19. The number of nitrogens with two attached hydrogens (primary N) is 1. The third-order valence-corrected chi connectivity index (χ3v) is 4.25. The number of hydrogen-bond donors (Lipinski definition) is 2. The summed E-state index contributed by atoms with van der Waals surface area (Å²) < 4.78 is 5.43. The fourth-order valence-corrected chi connectivity index (χ4v) is 2.86. The molecule has 20 heavy (non-hydrogen) atoms. The van der Waals surface area contributed by atoms with Crippen LogP contribution in [0.5, 0.6) is 5.75 Å². The molecule has 0 radical (unpaired) electrons. The summed E-state index contributed by atoms with van der Waals surface area (Å²) in [6.07, 6.45) is 0.837.